The highest BCUT2D eigenvalue weighted by Crippen LogP contribution is 2.20. The number of fused-ring (bicyclic) bond motifs is 1. The quantitative estimate of drug-likeness (QED) is 0.745. The molecule has 0 radical (unpaired) electrons. The van der Waals surface area contributed by atoms with E-state index < -0.39 is 0 Å². The van der Waals surface area contributed by atoms with Crippen LogP contribution in [0.2, 0.25) is 0 Å². The van der Waals surface area contributed by atoms with Gasteiger partial charge in [-0.3, -0.25) is 9.59 Å². The third-order valence-corrected chi connectivity index (χ3v) is 2.63. The monoisotopic (exact) mass is 232 g/mol. The number of carbonyl (C=O) groups is 1. The number of hydrogen-bond acceptors (Lipinski definition) is 4. The zero-order valence-corrected chi connectivity index (χ0v) is 9.87. The van der Waals surface area contributed by atoms with Crippen LogP contribution in [-0.4, -0.2) is 12.9 Å². The van der Waals surface area contributed by atoms with E-state index in [1.165, 1.54) is 14.0 Å². The second-order valence-corrected chi connectivity index (χ2v) is 3.78. The minimum atomic E-state index is -0.293. The van der Waals surface area contributed by atoms with Gasteiger partial charge in [-0.2, -0.15) is 0 Å². The van der Waals surface area contributed by atoms with Crippen LogP contribution in [0.25, 0.3) is 11.0 Å². The Morgan fingerprint density at radius 3 is 2.65 bits per heavy atom. The Labute approximate surface area is 97.8 Å². The maximum atomic E-state index is 12.1. The van der Waals surface area contributed by atoms with Gasteiger partial charge in [0.2, 0.25) is 5.43 Å². The number of ketones is 1. The zero-order valence-electron chi connectivity index (χ0n) is 9.87. The van der Waals surface area contributed by atoms with E-state index in [0.717, 1.165) is 0 Å². The maximum absolute atomic E-state index is 12.1. The Balaban J connectivity index is 2.86. The molecule has 1 aromatic carbocycles. The minimum Gasteiger partial charge on any atom is -0.497 e. The molecule has 0 aliphatic heterocycles. The number of Topliss-reactive ketones (excluding diaryl/α,β-unsaturated/α-hetero) is 1. The van der Waals surface area contributed by atoms with E-state index >= 15 is 0 Å². The molecule has 1 aromatic heterocycles. The predicted octanol–water partition coefficient (Wildman–Crippen LogP) is 2.31. The fourth-order valence-corrected chi connectivity index (χ4v) is 1.82. The predicted molar refractivity (Wildman–Crippen MR) is 63.8 cm³/mol. The topological polar surface area (TPSA) is 56.5 Å². The van der Waals surface area contributed by atoms with E-state index in [0.29, 0.717) is 22.5 Å². The molecule has 88 valence electrons. The van der Waals surface area contributed by atoms with Crippen LogP contribution in [-0.2, 0) is 0 Å². The Bertz CT molecular complexity index is 652. The Morgan fingerprint density at radius 1 is 1.35 bits per heavy atom. The van der Waals surface area contributed by atoms with Gasteiger partial charge in [-0.15, -0.1) is 0 Å². The summed E-state index contributed by atoms with van der Waals surface area (Å²) in [5.41, 5.74) is 0.249. The fraction of sp³-hybridized carbons (Fsp3) is 0.231. The largest absolute Gasteiger partial charge is 0.497 e. The smallest absolute Gasteiger partial charge is 0.203 e. The van der Waals surface area contributed by atoms with Crippen molar-refractivity contribution < 1.29 is 13.9 Å². The van der Waals surface area contributed by atoms with Crippen LogP contribution in [0, 0.1) is 6.92 Å². The van der Waals surface area contributed by atoms with Crippen molar-refractivity contribution in [3.8, 4) is 5.75 Å². The molecule has 0 atom stereocenters. The van der Waals surface area contributed by atoms with Gasteiger partial charge in [-0.25, -0.2) is 0 Å². The van der Waals surface area contributed by atoms with Gasteiger partial charge < -0.3 is 9.15 Å². The third-order valence-electron chi connectivity index (χ3n) is 2.63. The molecule has 1 heterocycles. The lowest BCUT2D eigenvalue weighted by Crippen LogP contribution is -2.15. The van der Waals surface area contributed by atoms with Crippen molar-refractivity contribution in [1.82, 2.24) is 0 Å². The van der Waals surface area contributed by atoms with Gasteiger partial charge in [-0.05, 0) is 26.0 Å². The molecular formula is C13H12O4. The molecule has 0 unspecified atom stereocenters. The normalized spacial score (nSPS) is 10.5. The first-order chi connectivity index (χ1) is 8.04. The second-order valence-electron chi connectivity index (χ2n) is 3.78. The summed E-state index contributed by atoms with van der Waals surface area (Å²) in [6.07, 6.45) is 0. The van der Waals surface area contributed by atoms with E-state index in [9.17, 15) is 9.59 Å². The van der Waals surface area contributed by atoms with Crippen LogP contribution >= 0.6 is 0 Å². The number of rotatable bonds is 2. The summed E-state index contributed by atoms with van der Waals surface area (Å²) in [6, 6.07) is 4.90. The first kappa shape index (κ1) is 11.4. The lowest BCUT2D eigenvalue weighted by atomic mass is 10.1. The SMILES string of the molecule is COc1ccc2c(=O)c(C(C)=O)c(C)oc2c1. The standard InChI is InChI=1S/C13H12O4/c1-7(14)12-8(2)17-11-6-9(16-3)4-5-10(11)13(12)15/h4-6H,1-3H3. The lowest BCUT2D eigenvalue weighted by molar-refractivity contribution is 0.101. The Morgan fingerprint density at radius 2 is 2.06 bits per heavy atom. The number of methoxy groups -OCH3 is 1. The molecule has 0 N–H and O–H groups in total. The molecule has 4 nitrogen and oxygen atoms in total. The number of carbonyl (C=O) groups excluding carboxylic acids is 1. The number of ether oxygens (including phenoxy) is 1. The van der Waals surface area contributed by atoms with Gasteiger partial charge in [-0.1, -0.05) is 0 Å². The van der Waals surface area contributed by atoms with Crippen LogP contribution in [0.5, 0.6) is 5.75 Å². The van der Waals surface area contributed by atoms with E-state index in [1.807, 2.05) is 0 Å². The molecule has 17 heavy (non-hydrogen) atoms. The highest BCUT2D eigenvalue weighted by Gasteiger charge is 2.15. The average Bonchev–Trinajstić information content (AvgIpc) is 2.27. The number of benzene rings is 1. The summed E-state index contributed by atoms with van der Waals surface area (Å²) in [7, 11) is 1.54. The summed E-state index contributed by atoms with van der Waals surface area (Å²) < 4.78 is 10.5. The molecule has 0 spiro atoms. The first-order valence-electron chi connectivity index (χ1n) is 5.17. The van der Waals surface area contributed by atoms with Gasteiger partial charge in [0.05, 0.1) is 12.5 Å². The third kappa shape index (κ3) is 1.82. The lowest BCUT2D eigenvalue weighted by Gasteiger charge is -2.05. The molecule has 0 saturated heterocycles. The molecule has 2 rings (SSSR count). The van der Waals surface area contributed by atoms with Crippen LogP contribution < -0.4 is 10.2 Å². The molecule has 0 aliphatic rings. The van der Waals surface area contributed by atoms with Gasteiger partial charge in [0.25, 0.3) is 0 Å². The highest BCUT2D eigenvalue weighted by molar-refractivity contribution is 5.97. The molecular weight excluding hydrogens is 220 g/mol. The summed E-state index contributed by atoms with van der Waals surface area (Å²) >= 11 is 0. The van der Waals surface area contributed by atoms with Crippen molar-refractivity contribution in [3.63, 3.8) is 0 Å². The second kappa shape index (κ2) is 4.05. The molecule has 4 heteroatoms. The Kier molecular flexibility index (Phi) is 2.71. The van der Waals surface area contributed by atoms with Crippen molar-refractivity contribution in [2.75, 3.05) is 7.11 Å². The van der Waals surface area contributed by atoms with Crippen LogP contribution in [0.3, 0.4) is 0 Å². The minimum absolute atomic E-state index is 0.114. The number of aryl methyl sites for hydroxylation is 1. The fourth-order valence-electron chi connectivity index (χ4n) is 1.82. The van der Waals surface area contributed by atoms with Crippen molar-refractivity contribution in [3.05, 3.63) is 39.7 Å². The van der Waals surface area contributed by atoms with Crippen molar-refractivity contribution in [1.29, 1.82) is 0 Å². The first-order valence-corrected chi connectivity index (χ1v) is 5.17. The molecule has 0 amide bonds. The summed E-state index contributed by atoms with van der Waals surface area (Å²) in [5.74, 6) is 0.660. The molecule has 2 aromatic rings. The van der Waals surface area contributed by atoms with E-state index in [-0.39, 0.29) is 16.8 Å². The van der Waals surface area contributed by atoms with Crippen molar-refractivity contribution in [2.24, 2.45) is 0 Å². The maximum Gasteiger partial charge on any atom is 0.203 e. The summed E-state index contributed by atoms with van der Waals surface area (Å²) in [4.78, 5) is 23.4. The molecule has 0 aliphatic carbocycles. The molecule has 0 bridgehead atoms. The summed E-state index contributed by atoms with van der Waals surface area (Å²) in [5, 5.41) is 0.390. The average molecular weight is 232 g/mol. The summed E-state index contributed by atoms with van der Waals surface area (Å²) in [6.45, 7) is 2.96. The zero-order chi connectivity index (χ0) is 12.6. The van der Waals surface area contributed by atoms with E-state index in [1.54, 1.807) is 25.1 Å². The Hall–Kier alpha value is -2.10. The highest BCUT2D eigenvalue weighted by atomic mass is 16.5. The van der Waals surface area contributed by atoms with Crippen LogP contribution in [0.4, 0.5) is 0 Å². The molecule has 0 saturated carbocycles. The van der Waals surface area contributed by atoms with Gasteiger partial charge in [0.15, 0.2) is 5.78 Å². The van der Waals surface area contributed by atoms with Crippen LogP contribution in [0.1, 0.15) is 23.0 Å². The van der Waals surface area contributed by atoms with E-state index in [4.69, 9.17) is 9.15 Å². The van der Waals surface area contributed by atoms with Crippen molar-refractivity contribution >= 4 is 16.8 Å². The van der Waals surface area contributed by atoms with Gasteiger partial charge in [0, 0.05) is 6.07 Å². The van der Waals surface area contributed by atoms with Crippen molar-refractivity contribution in [2.45, 2.75) is 13.8 Å². The number of hydrogen-bond donors (Lipinski definition) is 0. The molecule has 0 fully saturated rings. The van der Waals surface area contributed by atoms with Gasteiger partial charge >= 0.3 is 0 Å². The van der Waals surface area contributed by atoms with Gasteiger partial charge in [0.1, 0.15) is 22.7 Å². The van der Waals surface area contributed by atoms with Crippen LogP contribution in [0.15, 0.2) is 27.4 Å². The van der Waals surface area contributed by atoms with E-state index in [2.05, 4.69) is 0 Å².